The van der Waals surface area contributed by atoms with E-state index in [4.69, 9.17) is 154 Å². The van der Waals surface area contributed by atoms with Crippen molar-refractivity contribution in [3.8, 4) is 0 Å². The zero-order valence-corrected chi connectivity index (χ0v) is 26.8. The summed E-state index contributed by atoms with van der Waals surface area (Å²) in [5.74, 6) is 0. The zero-order valence-electron chi connectivity index (χ0n) is 19.6. The van der Waals surface area contributed by atoms with Crippen LogP contribution in [-0.2, 0) is 36.5 Å². The third kappa shape index (κ3) is 112000. The summed E-state index contributed by atoms with van der Waals surface area (Å²) in [6.45, 7) is 0. The van der Waals surface area contributed by atoms with Gasteiger partial charge in [0.1, 0.15) is 0 Å². The average molecular weight is 832 g/mol. The van der Waals surface area contributed by atoms with Gasteiger partial charge in [0.25, 0.3) is 0 Å². The predicted octanol–water partition coefficient (Wildman–Crippen LogP) is -22.1. The Balaban J connectivity index is -0.0000000208. The van der Waals surface area contributed by atoms with E-state index in [0.717, 1.165) is 0 Å². The van der Waals surface area contributed by atoms with Crippen molar-refractivity contribution in [3.05, 3.63) is 44.6 Å². The van der Waals surface area contributed by atoms with Crippen molar-refractivity contribution >= 4 is 62.6 Å². The van der Waals surface area contributed by atoms with Gasteiger partial charge in [0.15, 0.2) is 0 Å². The van der Waals surface area contributed by atoms with E-state index in [0.29, 0.717) is 0 Å². The molecule has 256 valence electrons. The molecule has 0 rings (SSSR count). The van der Waals surface area contributed by atoms with Gasteiger partial charge in [0.2, 0.25) is 0 Å². The van der Waals surface area contributed by atoms with E-state index in [1.807, 2.05) is 0 Å². The SMILES string of the molecule is O=P([O-])([O-])[O-].O=P([O-])([O-])[O-].O=P([O-])([O-])[O-].O=P([O-])([O-])[O-].O=P([O-])([O-])[O-].O=P([O-])([O-])[O-].O=P([O-])([O-])[O-].O=P([O-])([O-])[O-].[C+4].[C+4].[C+4].[C+4].[C+4].[C+4]. The van der Waals surface area contributed by atoms with E-state index in [1.54, 1.807) is 0 Å². The molecule has 0 fully saturated rings. The zero-order chi connectivity index (χ0) is 36.0. The fraction of sp³-hybridized carbons (Fsp3) is 0. The van der Waals surface area contributed by atoms with Crippen LogP contribution >= 0.6 is 62.6 Å². The minimum absolute atomic E-state index is 0. The van der Waals surface area contributed by atoms with Gasteiger partial charge in [0, 0.05) is 0 Å². The summed E-state index contributed by atoms with van der Waals surface area (Å²) in [5.41, 5.74) is 0. The summed E-state index contributed by atoms with van der Waals surface area (Å²) < 4.78 is 68.4. The first-order valence-electron chi connectivity index (χ1n) is 5.84. The number of rotatable bonds is 0. The van der Waals surface area contributed by atoms with E-state index in [2.05, 4.69) is 0 Å². The molecule has 0 aromatic heterocycles. The van der Waals surface area contributed by atoms with Crippen LogP contribution in [0.2, 0.25) is 0 Å². The molecule has 0 aliphatic rings. The van der Waals surface area contributed by atoms with Crippen LogP contribution in [-0.4, -0.2) is 0 Å². The number of phosphoric acid groups is 8. The predicted molar refractivity (Wildman–Crippen MR) is 80.3 cm³/mol. The van der Waals surface area contributed by atoms with Gasteiger partial charge in [-0.25, -0.2) is 0 Å². The Kier molecular flexibility index (Phi) is 76.8. The molecule has 0 atom stereocenters. The smallest absolute Gasteiger partial charge is 0.822 e. The Hall–Kier alpha value is 0.880. The molecule has 0 spiro atoms. The summed E-state index contributed by atoms with van der Waals surface area (Å²) in [6.07, 6.45) is 0. The van der Waals surface area contributed by atoms with Crippen molar-refractivity contribution in [1.29, 1.82) is 0 Å². The first-order chi connectivity index (χ1) is 16.0. The summed E-state index contributed by atoms with van der Waals surface area (Å²) >= 11 is 0. The van der Waals surface area contributed by atoms with Crippen LogP contribution in [0.3, 0.4) is 0 Å². The van der Waals surface area contributed by atoms with Crippen molar-refractivity contribution in [2.75, 3.05) is 0 Å². The standard InChI is InChI=1S/6C.8H3O4P/c;;;;;;8*1-5(2,3)4/h;;;;;;8*(H3,1,2,3,4)/q6*+4;;;;;;;;/p-24. The van der Waals surface area contributed by atoms with Crippen LogP contribution in [0.1, 0.15) is 0 Å². The van der Waals surface area contributed by atoms with Gasteiger partial charge < -0.3 is 154 Å². The maximum absolute atomic E-state index is 8.55. The van der Waals surface area contributed by atoms with Gasteiger partial charge in [-0.15, -0.1) is 0 Å². The van der Waals surface area contributed by atoms with Gasteiger partial charge >= 0.3 is 44.6 Å². The second-order valence-corrected chi connectivity index (χ2v) is 10.7. The summed E-state index contributed by atoms with van der Waals surface area (Å²) in [6, 6.07) is 0. The third-order valence-corrected chi connectivity index (χ3v) is 0. The fourth-order valence-corrected chi connectivity index (χ4v) is 0. The molecular weight excluding hydrogens is 832 g/mol. The van der Waals surface area contributed by atoms with Gasteiger partial charge in [-0.2, -0.15) is 62.6 Å². The van der Waals surface area contributed by atoms with Crippen molar-refractivity contribution in [1.82, 2.24) is 0 Å². The topological polar surface area (TPSA) is 690 Å². The van der Waals surface area contributed by atoms with Gasteiger partial charge in [-0.3, -0.25) is 0 Å². The molecule has 0 bridgehead atoms. The largest absolute Gasteiger partial charge is 4.00 e. The van der Waals surface area contributed by atoms with E-state index < -0.39 is 62.6 Å². The molecule has 0 heterocycles. The van der Waals surface area contributed by atoms with Crippen molar-refractivity contribution in [2.45, 2.75) is 0 Å². The number of hydrogen-bond donors (Lipinski definition) is 0. The summed E-state index contributed by atoms with van der Waals surface area (Å²) in [4.78, 5) is 205. The van der Waals surface area contributed by atoms with Crippen molar-refractivity contribution < 1.29 is 154 Å². The molecule has 0 saturated carbocycles. The Bertz CT molecular complexity index is 664. The Morgan fingerprint density at radius 2 is 0.152 bits per heavy atom. The first kappa shape index (κ1) is 91.3. The Morgan fingerprint density at radius 3 is 0.152 bits per heavy atom. The molecule has 0 aliphatic carbocycles. The number of hydrogen-bond acceptors (Lipinski definition) is 32. The molecule has 0 N–H and O–H groups in total. The van der Waals surface area contributed by atoms with E-state index in [-0.39, 0.29) is 44.6 Å². The molecule has 0 amide bonds. The Labute approximate surface area is 261 Å². The second-order valence-electron chi connectivity index (χ2n) is 3.58. The van der Waals surface area contributed by atoms with Crippen molar-refractivity contribution in [3.63, 3.8) is 0 Å². The molecule has 0 saturated heterocycles. The summed E-state index contributed by atoms with van der Waals surface area (Å²) in [5, 5.41) is 0. The van der Waals surface area contributed by atoms with Crippen LogP contribution in [0.25, 0.3) is 0 Å². The van der Waals surface area contributed by atoms with E-state index in [1.165, 1.54) is 0 Å². The van der Waals surface area contributed by atoms with Crippen LogP contribution < -0.4 is 117 Å². The molecule has 40 heteroatoms. The molecule has 0 radical (unpaired) electrons. The molecule has 46 heavy (non-hydrogen) atoms. The van der Waals surface area contributed by atoms with Crippen molar-refractivity contribution in [2.24, 2.45) is 0 Å². The van der Waals surface area contributed by atoms with Crippen LogP contribution in [0.15, 0.2) is 0 Å². The molecule has 0 aliphatic heterocycles. The van der Waals surface area contributed by atoms with Crippen LogP contribution in [0, 0.1) is 44.6 Å². The maximum atomic E-state index is 8.55. The van der Waals surface area contributed by atoms with Gasteiger partial charge in [-0.05, 0) is 0 Å². The van der Waals surface area contributed by atoms with Gasteiger partial charge in [-0.1, -0.05) is 0 Å². The molecule has 0 aromatic carbocycles. The average Bonchev–Trinajstić information content (AvgIpc) is 2.16. The Morgan fingerprint density at radius 1 is 0.152 bits per heavy atom. The summed E-state index contributed by atoms with van der Waals surface area (Å²) in [7, 11) is -43.1. The normalized spacial score (nSPS) is 10.3. The second kappa shape index (κ2) is 38.7. The molecule has 0 aromatic rings. The minimum Gasteiger partial charge on any atom is -0.822 e. The monoisotopic (exact) mass is 832 g/mol. The minimum atomic E-state index is -5.39. The van der Waals surface area contributed by atoms with Crippen LogP contribution in [0.5, 0.6) is 0 Å². The van der Waals surface area contributed by atoms with E-state index in [9.17, 15) is 0 Å². The maximum Gasteiger partial charge on any atom is 4.00 e. The first-order valence-corrected chi connectivity index (χ1v) is 17.5. The van der Waals surface area contributed by atoms with Gasteiger partial charge in [0.05, 0.1) is 0 Å². The van der Waals surface area contributed by atoms with E-state index >= 15 is 0 Å². The fourth-order valence-electron chi connectivity index (χ4n) is 0. The molecule has 0 unspecified atom stereocenters. The van der Waals surface area contributed by atoms with Crippen LogP contribution in [0.4, 0.5) is 0 Å². The quantitative estimate of drug-likeness (QED) is 0.204. The molecule has 32 nitrogen and oxygen atoms in total. The molecular formula is C6O32P8. The third-order valence-electron chi connectivity index (χ3n) is 0.